The van der Waals surface area contributed by atoms with Crippen LogP contribution in [0.15, 0.2) is 65.3 Å². The van der Waals surface area contributed by atoms with E-state index < -0.39 is 17.7 Å². The summed E-state index contributed by atoms with van der Waals surface area (Å²) in [5.74, 6) is -1.14. The molecule has 132 valence electrons. The first kappa shape index (κ1) is 18.1. The molecule has 0 aliphatic rings. The maximum absolute atomic E-state index is 12.7. The first-order valence-electron chi connectivity index (χ1n) is 7.42. The average molecular weight is 422 g/mol. The molecule has 0 fully saturated rings. The van der Waals surface area contributed by atoms with E-state index in [1.54, 1.807) is 24.3 Å². The molecule has 26 heavy (non-hydrogen) atoms. The Kier molecular flexibility index (Phi) is 4.82. The van der Waals surface area contributed by atoms with Crippen LogP contribution in [0.1, 0.15) is 15.9 Å². The van der Waals surface area contributed by atoms with Gasteiger partial charge in [0.1, 0.15) is 0 Å². The highest BCUT2D eigenvalue weighted by molar-refractivity contribution is 9.10. The number of hydrogen-bond acceptors (Lipinski definition) is 2. The largest absolute Gasteiger partial charge is 0.478 e. The molecule has 3 rings (SSSR count). The second-order valence-electron chi connectivity index (χ2n) is 5.50. The molecule has 0 bridgehead atoms. The lowest BCUT2D eigenvalue weighted by molar-refractivity contribution is -0.137. The monoisotopic (exact) mass is 421 g/mol. The van der Waals surface area contributed by atoms with Gasteiger partial charge in [-0.1, -0.05) is 40.2 Å². The number of pyridine rings is 1. The molecule has 3 nitrogen and oxygen atoms in total. The summed E-state index contributed by atoms with van der Waals surface area (Å²) in [5.41, 5.74) is 1.06. The molecule has 2 aromatic carbocycles. The van der Waals surface area contributed by atoms with Crippen molar-refractivity contribution in [2.45, 2.75) is 6.18 Å². The Morgan fingerprint density at radius 2 is 1.54 bits per heavy atom. The van der Waals surface area contributed by atoms with E-state index in [1.807, 2.05) is 0 Å². The molecule has 1 aromatic heterocycles. The number of aromatic nitrogens is 1. The normalized spacial score (nSPS) is 11.4. The summed E-state index contributed by atoms with van der Waals surface area (Å²) in [5, 5.41) is 9.52. The maximum atomic E-state index is 12.7. The molecular formula is C19H11BrF3NO2. The van der Waals surface area contributed by atoms with Crippen molar-refractivity contribution in [3.8, 4) is 22.4 Å². The lowest BCUT2D eigenvalue weighted by Gasteiger charge is -2.10. The van der Waals surface area contributed by atoms with Crippen LogP contribution in [0, 0.1) is 0 Å². The summed E-state index contributed by atoms with van der Waals surface area (Å²) in [4.78, 5) is 15.9. The van der Waals surface area contributed by atoms with Crippen molar-refractivity contribution in [2.75, 3.05) is 0 Å². The van der Waals surface area contributed by atoms with Crippen molar-refractivity contribution in [2.24, 2.45) is 0 Å². The number of benzene rings is 2. The van der Waals surface area contributed by atoms with Crippen LogP contribution in [0.25, 0.3) is 22.4 Å². The van der Waals surface area contributed by atoms with Gasteiger partial charge in [0.25, 0.3) is 0 Å². The number of carbonyl (C=O) groups is 1. The Morgan fingerprint density at radius 1 is 0.962 bits per heavy atom. The fourth-order valence-electron chi connectivity index (χ4n) is 2.48. The summed E-state index contributed by atoms with van der Waals surface area (Å²) in [6.07, 6.45) is -3.01. The molecule has 3 aromatic rings. The average Bonchev–Trinajstić information content (AvgIpc) is 2.61. The molecule has 0 radical (unpaired) electrons. The van der Waals surface area contributed by atoms with Gasteiger partial charge in [0.15, 0.2) is 0 Å². The smallest absolute Gasteiger partial charge is 0.416 e. The molecule has 0 saturated heterocycles. The second-order valence-corrected chi connectivity index (χ2v) is 6.42. The van der Waals surface area contributed by atoms with Crippen molar-refractivity contribution in [1.82, 2.24) is 4.98 Å². The Morgan fingerprint density at radius 3 is 2.08 bits per heavy atom. The maximum Gasteiger partial charge on any atom is 0.416 e. The second kappa shape index (κ2) is 6.92. The molecule has 1 N–H and O–H groups in total. The van der Waals surface area contributed by atoms with Crippen LogP contribution in [0.3, 0.4) is 0 Å². The Labute approximate surface area is 155 Å². The van der Waals surface area contributed by atoms with Crippen LogP contribution in [-0.2, 0) is 6.18 Å². The zero-order valence-electron chi connectivity index (χ0n) is 13.1. The summed E-state index contributed by atoms with van der Waals surface area (Å²) >= 11 is 3.32. The van der Waals surface area contributed by atoms with E-state index in [0.717, 1.165) is 16.6 Å². The van der Waals surface area contributed by atoms with Gasteiger partial charge < -0.3 is 5.11 Å². The zero-order chi connectivity index (χ0) is 18.9. The van der Waals surface area contributed by atoms with Gasteiger partial charge >= 0.3 is 12.1 Å². The van der Waals surface area contributed by atoms with E-state index in [4.69, 9.17) is 0 Å². The first-order chi connectivity index (χ1) is 12.3. The predicted octanol–water partition coefficient (Wildman–Crippen LogP) is 5.90. The van der Waals surface area contributed by atoms with Crippen LogP contribution >= 0.6 is 15.9 Å². The molecule has 0 atom stereocenters. The SMILES string of the molecule is O=C(O)c1cc(-c2ccc(C(F)(F)F)cc2)ncc1-c1ccc(Br)cc1. The number of halogens is 4. The van der Waals surface area contributed by atoms with Gasteiger partial charge in [-0.15, -0.1) is 0 Å². The van der Waals surface area contributed by atoms with E-state index in [-0.39, 0.29) is 11.3 Å². The van der Waals surface area contributed by atoms with Crippen LogP contribution in [0.4, 0.5) is 13.2 Å². The molecule has 0 aliphatic carbocycles. The number of carboxylic acids is 1. The van der Waals surface area contributed by atoms with Crippen LogP contribution in [0.2, 0.25) is 0 Å². The van der Waals surface area contributed by atoms with Gasteiger partial charge in [0, 0.05) is 21.8 Å². The predicted molar refractivity (Wildman–Crippen MR) is 94.8 cm³/mol. The summed E-state index contributed by atoms with van der Waals surface area (Å²) < 4.78 is 38.8. The minimum absolute atomic E-state index is 0.0252. The molecule has 0 spiro atoms. The number of hydrogen-bond donors (Lipinski definition) is 1. The van der Waals surface area contributed by atoms with E-state index >= 15 is 0 Å². The number of alkyl halides is 3. The van der Waals surface area contributed by atoms with Crippen molar-refractivity contribution in [1.29, 1.82) is 0 Å². The summed E-state index contributed by atoms with van der Waals surface area (Å²) in [7, 11) is 0. The minimum Gasteiger partial charge on any atom is -0.478 e. The third-order valence-electron chi connectivity index (χ3n) is 3.80. The Bertz CT molecular complexity index is 952. The van der Waals surface area contributed by atoms with Crippen LogP contribution in [0.5, 0.6) is 0 Å². The number of carboxylic acid groups (broad SMARTS) is 1. The van der Waals surface area contributed by atoms with E-state index in [0.29, 0.717) is 16.7 Å². The number of rotatable bonds is 3. The van der Waals surface area contributed by atoms with E-state index in [1.165, 1.54) is 24.4 Å². The van der Waals surface area contributed by atoms with Gasteiger partial charge in [0.05, 0.1) is 16.8 Å². The highest BCUT2D eigenvalue weighted by Crippen LogP contribution is 2.32. The summed E-state index contributed by atoms with van der Waals surface area (Å²) in [6, 6.07) is 12.9. The fraction of sp³-hybridized carbons (Fsp3) is 0.0526. The molecule has 0 amide bonds. The molecule has 1 heterocycles. The van der Waals surface area contributed by atoms with E-state index in [9.17, 15) is 23.1 Å². The third kappa shape index (κ3) is 3.77. The molecule has 0 aliphatic heterocycles. The lowest BCUT2D eigenvalue weighted by atomic mass is 9.99. The summed E-state index contributed by atoms with van der Waals surface area (Å²) in [6.45, 7) is 0. The standard InChI is InChI=1S/C19H11BrF3NO2/c20-14-7-3-11(4-8-14)16-10-24-17(9-15(16)18(25)26)12-1-5-13(6-2-12)19(21,22)23/h1-10H,(H,25,26). The minimum atomic E-state index is -4.43. The number of aromatic carboxylic acids is 1. The van der Waals surface area contributed by atoms with Gasteiger partial charge in [-0.3, -0.25) is 4.98 Å². The van der Waals surface area contributed by atoms with E-state index in [2.05, 4.69) is 20.9 Å². The van der Waals surface area contributed by atoms with Crippen LogP contribution < -0.4 is 0 Å². The molecule has 0 saturated carbocycles. The number of nitrogens with zero attached hydrogens (tertiary/aromatic N) is 1. The molecule has 7 heteroatoms. The molecule has 0 unspecified atom stereocenters. The zero-order valence-corrected chi connectivity index (χ0v) is 14.7. The Hall–Kier alpha value is -2.67. The fourth-order valence-corrected chi connectivity index (χ4v) is 2.74. The Balaban J connectivity index is 2.04. The van der Waals surface area contributed by atoms with Crippen molar-refractivity contribution in [3.05, 3.63) is 76.4 Å². The topological polar surface area (TPSA) is 50.2 Å². The van der Waals surface area contributed by atoms with Crippen molar-refractivity contribution < 1.29 is 23.1 Å². The first-order valence-corrected chi connectivity index (χ1v) is 8.22. The van der Waals surface area contributed by atoms with Crippen molar-refractivity contribution in [3.63, 3.8) is 0 Å². The highest BCUT2D eigenvalue weighted by atomic mass is 79.9. The lowest BCUT2D eigenvalue weighted by Crippen LogP contribution is -2.04. The van der Waals surface area contributed by atoms with Gasteiger partial charge in [-0.25, -0.2) is 4.79 Å². The third-order valence-corrected chi connectivity index (χ3v) is 4.33. The van der Waals surface area contributed by atoms with Gasteiger partial charge in [-0.2, -0.15) is 13.2 Å². The highest BCUT2D eigenvalue weighted by Gasteiger charge is 2.30. The van der Waals surface area contributed by atoms with Gasteiger partial charge in [0.2, 0.25) is 0 Å². The quantitative estimate of drug-likeness (QED) is 0.572. The van der Waals surface area contributed by atoms with Crippen molar-refractivity contribution >= 4 is 21.9 Å². The molecular weight excluding hydrogens is 411 g/mol. The van der Waals surface area contributed by atoms with Crippen LogP contribution in [-0.4, -0.2) is 16.1 Å². The van der Waals surface area contributed by atoms with Gasteiger partial charge in [-0.05, 0) is 35.9 Å².